The summed E-state index contributed by atoms with van der Waals surface area (Å²) in [7, 11) is 2.05. The molecule has 17 heavy (non-hydrogen) atoms. The van der Waals surface area contributed by atoms with Crippen LogP contribution in [0.1, 0.15) is 30.1 Å². The first-order chi connectivity index (χ1) is 8.13. The first kappa shape index (κ1) is 11.8. The van der Waals surface area contributed by atoms with Crippen molar-refractivity contribution in [1.82, 2.24) is 5.32 Å². The van der Waals surface area contributed by atoms with Crippen molar-refractivity contribution in [1.29, 1.82) is 0 Å². The van der Waals surface area contributed by atoms with Crippen LogP contribution in [0, 0.1) is 0 Å². The lowest BCUT2D eigenvalue weighted by Gasteiger charge is -2.21. The van der Waals surface area contributed by atoms with Gasteiger partial charge in [0.1, 0.15) is 0 Å². The summed E-state index contributed by atoms with van der Waals surface area (Å²) in [6, 6.07) is 6.13. The molecular formula is C13H19N3O. The van der Waals surface area contributed by atoms with E-state index in [0.717, 1.165) is 5.69 Å². The van der Waals surface area contributed by atoms with Crippen LogP contribution in [0.2, 0.25) is 0 Å². The molecule has 1 saturated carbocycles. The zero-order valence-corrected chi connectivity index (χ0v) is 10.4. The summed E-state index contributed by atoms with van der Waals surface area (Å²) < 4.78 is 0. The number of carbonyl (C=O) groups excluding carboxylic acids is 1. The Bertz CT molecular complexity index is 427. The highest BCUT2D eigenvalue weighted by molar-refractivity contribution is 5.96. The van der Waals surface area contributed by atoms with Gasteiger partial charge in [-0.2, -0.15) is 0 Å². The lowest BCUT2D eigenvalue weighted by Crippen LogP contribution is -2.24. The predicted octanol–water partition coefficient (Wildman–Crippen LogP) is 1.62. The van der Waals surface area contributed by atoms with Crippen molar-refractivity contribution in [3.63, 3.8) is 0 Å². The van der Waals surface area contributed by atoms with Gasteiger partial charge in [0.2, 0.25) is 0 Å². The Kier molecular flexibility index (Phi) is 3.22. The molecule has 1 aliphatic carbocycles. The smallest absolute Gasteiger partial charge is 0.251 e. The minimum Gasteiger partial charge on any atom is -0.397 e. The van der Waals surface area contributed by atoms with E-state index < -0.39 is 0 Å². The molecule has 3 N–H and O–H groups in total. The summed E-state index contributed by atoms with van der Waals surface area (Å²) >= 11 is 0. The summed E-state index contributed by atoms with van der Waals surface area (Å²) in [5, 5.41) is 2.76. The number of anilines is 2. The molecule has 0 saturated heterocycles. The summed E-state index contributed by atoms with van der Waals surface area (Å²) in [4.78, 5) is 13.8. The average Bonchev–Trinajstić information content (AvgIpc) is 3.12. The normalized spacial score (nSPS) is 14.5. The van der Waals surface area contributed by atoms with Gasteiger partial charge in [-0.3, -0.25) is 4.79 Å². The van der Waals surface area contributed by atoms with Crippen LogP contribution >= 0.6 is 0 Å². The van der Waals surface area contributed by atoms with Gasteiger partial charge in [0.05, 0.1) is 11.4 Å². The van der Waals surface area contributed by atoms with Crippen LogP contribution < -0.4 is 16.0 Å². The molecule has 0 atom stereocenters. The van der Waals surface area contributed by atoms with Crippen LogP contribution in [0.5, 0.6) is 0 Å². The molecule has 92 valence electrons. The lowest BCUT2D eigenvalue weighted by atomic mass is 10.1. The van der Waals surface area contributed by atoms with Crippen LogP contribution in [0.3, 0.4) is 0 Å². The Balaban J connectivity index is 2.18. The number of hydrogen-bond acceptors (Lipinski definition) is 3. The Hall–Kier alpha value is -1.71. The van der Waals surface area contributed by atoms with Gasteiger partial charge in [-0.1, -0.05) is 0 Å². The van der Waals surface area contributed by atoms with Gasteiger partial charge in [-0.25, -0.2) is 0 Å². The van der Waals surface area contributed by atoms with Gasteiger partial charge in [0.15, 0.2) is 0 Å². The third-order valence-electron chi connectivity index (χ3n) is 3.10. The van der Waals surface area contributed by atoms with E-state index >= 15 is 0 Å². The minimum atomic E-state index is -0.0696. The monoisotopic (exact) mass is 233 g/mol. The Morgan fingerprint density at radius 2 is 2.24 bits per heavy atom. The summed E-state index contributed by atoms with van der Waals surface area (Å²) in [6.45, 7) is 2.53. The molecule has 0 radical (unpaired) electrons. The standard InChI is InChI=1S/C13H19N3O/c1-3-15-13(17)9-4-7-12(11(14)8-9)16(2)10-5-6-10/h4,7-8,10H,3,5-6,14H2,1-2H3,(H,15,17). The maximum Gasteiger partial charge on any atom is 0.251 e. The van der Waals surface area contributed by atoms with Crippen molar-refractivity contribution in [3.05, 3.63) is 23.8 Å². The fourth-order valence-electron chi connectivity index (χ4n) is 1.94. The molecule has 0 aliphatic heterocycles. The van der Waals surface area contributed by atoms with E-state index in [9.17, 15) is 4.79 Å². The zero-order chi connectivity index (χ0) is 12.4. The van der Waals surface area contributed by atoms with Crippen molar-refractivity contribution in [2.45, 2.75) is 25.8 Å². The van der Waals surface area contributed by atoms with E-state index in [4.69, 9.17) is 5.73 Å². The van der Waals surface area contributed by atoms with Gasteiger partial charge < -0.3 is 16.0 Å². The molecule has 2 rings (SSSR count). The summed E-state index contributed by atoms with van der Waals surface area (Å²) in [5.74, 6) is -0.0696. The van der Waals surface area contributed by atoms with Crippen molar-refractivity contribution in [3.8, 4) is 0 Å². The van der Waals surface area contributed by atoms with Crippen LogP contribution in [-0.2, 0) is 0 Å². The summed E-state index contributed by atoms with van der Waals surface area (Å²) in [6.07, 6.45) is 2.46. The van der Waals surface area contributed by atoms with Crippen molar-refractivity contribution in [2.24, 2.45) is 0 Å². The molecule has 1 fully saturated rings. The highest BCUT2D eigenvalue weighted by Crippen LogP contribution is 2.33. The summed E-state index contributed by atoms with van der Waals surface area (Å²) in [5.41, 5.74) is 8.31. The van der Waals surface area contributed by atoms with Crippen molar-refractivity contribution in [2.75, 3.05) is 24.2 Å². The number of hydrogen-bond donors (Lipinski definition) is 2. The minimum absolute atomic E-state index is 0.0696. The van der Waals surface area contributed by atoms with Crippen LogP contribution in [-0.4, -0.2) is 25.5 Å². The highest BCUT2D eigenvalue weighted by Gasteiger charge is 2.27. The van der Waals surface area contributed by atoms with E-state index in [2.05, 4.69) is 17.3 Å². The van der Waals surface area contributed by atoms with E-state index in [1.54, 1.807) is 6.07 Å². The zero-order valence-electron chi connectivity index (χ0n) is 10.4. The molecule has 4 nitrogen and oxygen atoms in total. The number of nitrogens with one attached hydrogen (secondary N) is 1. The Labute approximate surface area is 102 Å². The maximum absolute atomic E-state index is 11.6. The SMILES string of the molecule is CCNC(=O)c1ccc(N(C)C2CC2)c(N)c1. The molecule has 1 aromatic rings. The molecule has 1 aromatic carbocycles. The highest BCUT2D eigenvalue weighted by atomic mass is 16.1. The predicted molar refractivity (Wildman–Crippen MR) is 70.3 cm³/mol. The molecule has 0 heterocycles. The second-order valence-corrected chi connectivity index (χ2v) is 4.48. The molecule has 0 bridgehead atoms. The van der Waals surface area contributed by atoms with E-state index in [-0.39, 0.29) is 5.91 Å². The van der Waals surface area contributed by atoms with Crippen molar-refractivity contribution < 1.29 is 4.79 Å². The number of nitrogen functional groups attached to an aromatic ring is 1. The van der Waals surface area contributed by atoms with Gasteiger partial charge in [0, 0.05) is 25.2 Å². The largest absolute Gasteiger partial charge is 0.397 e. The van der Waals surface area contributed by atoms with Crippen LogP contribution in [0.15, 0.2) is 18.2 Å². The number of rotatable bonds is 4. The number of benzene rings is 1. The van der Waals surface area contributed by atoms with Gasteiger partial charge in [-0.15, -0.1) is 0 Å². The topological polar surface area (TPSA) is 58.4 Å². The fraction of sp³-hybridized carbons (Fsp3) is 0.462. The maximum atomic E-state index is 11.6. The molecule has 1 amide bonds. The molecule has 0 spiro atoms. The number of nitrogens with two attached hydrogens (primary N) is 1. The van der Waals surface area contributed by atoms with E-state index in [1.807, 2.05) is 19.1 Å². The van der Waals surface area contributed by atoms with Crippen LogP contribution in [0.25, 0.3) is 0 Å². The third-order valence-corrected chi connectivity index (χ3v) is 3.10. The second kappa shape index (κ2) is 4.65. The molecule has 1 aliphatic rings. The first-order valence-corrected chi connectivity index (χ1v) is 6.04. The average molecular weight is 233 g/mol. The fourth-order valence-corrected chi connectivity index (χ4v) is 1.94. The quantitative estimate of drug-likeness (QED) is 0.777. The van der Waals surface area contributed by atoms with Crippen molar-refractivity contribution >= 4 is 17.3 Å². The number of carbonyl (C=O) groups is 1. The molecule has 0 aromatic heterocycles. The van der Waals surface area contributed by atoms with Crippen LogP contribution in [0.4, 0.5) is 11.4 Å². The number of nitrogens with zero attached hydrogens (tertiary/aromatic N) is 1. The van der Waals surface area contributed by atoms with Gasteiger partial charge in [-0.05, 0) is 38.0 Å². The molecular weight excluding hydrogens is 214 g/mol. The Morgan fingerprint density at radius 1 is 1.53 bits per heavy atom. The lowest BCUT2D eigenvalue weighted by molar-refractivity contribution is 0.0956. The Morgan fingerprint density at radius 3 is 2.76 bits per heavy atom. The molecule has 0 unspecified atom stereocenters. The molecule has 4 heteroatoms. The third kappa shape index (κ3) is 2.52. The van der Waals surface area contributed by atoms with Gasteiger partial charge >= 0.3 is 0 Å². The van der Waals surface area contributed by atoms with E-state index in [1.165, 1.54) is 12.8 Å². The second-order valence-electron chi connectivity index (χ2n) is 4.48. The first-order valence-electron chi connectivity index (χ1n) is 6.04. The number of amides is 1. The van der Waals surface area contributed by atoms with E-state index in [0.29, 0.717) is 23.8 Å². The van der Waals surface area contributed by atoms with Gasteiger partial charge in [0.25, 0.3) is 5.91 Å².